The van der Waals surface area contributed by atoms with Gasteiger partial charge in [-0.05, 0) is 29.5 Å². The number of hydrogen-bond donors (Lipinski definition) is 1. The Balaban J connectivity index is 1.66. The van der Waals surface area contributed by atoms with Crippen LogP contribution in [0.2, 0.25) is 0 Å². The van der Waals surface area contributed by atoms with Crippen molar-refractivity contribution in [1.29, 1.82) is 0 Å². The van der Waals surface area contributed by atoms with Gasteiger partial charge in [0, 0.05) is 25.0 Å². The zero-order valence-electron chi connectivity index (χ0n) is 14.6. The molecule has 1 aliphatic rings. The summed E-state index contributed by atoms with van der Waals surface area (Å²) >= 11 is 0. The molecule has 0 aliphatic carbocycles. The van der Waals surface area contributed by atoms with Crippen LogP contribution in [-0.4, -0.2) is 39.6 Å². The van der Waals surface area contributed by atoms with Crippen LogP contribution in [0.5, 0.6) is 0 Å². The highest BCUT2D eigenvalue weighted by Gasteiger charge is 2.32. The van der Waals surface area contributed by atoms with Crippen LogP contribution in [0.3, 0.4) is 0 Å². The number of amides is 1. The van der Waals surface area contributed by atoms with E-state index in [-0.39, 0.29) is 18.2 Å². The Bertz CT molecular complexity index is 740. The highest BCUT2D eigenvalue weighted by atomic mass is 16.5. The number of carbonyl (C=O) groups is 2. The summed E-state index contributed by atoms with van der Waals surface area (Å²) in [5.41, 5.74) is 3.11. The molecule has 1 atom stereocenters. The number of rotatable bonds is 5. The number of carbonyl (C=O) groups excluding carboxylic acids is 2. The van der Waals surface area contributed by atoms with E-state index in [1.807, 2.05) is 32.0 Å². The number of ether oxygens (including phenoxy) is 1. The third-order valence-corrected chi connectivity index (χ3v) is 4.44. The van der Waals surface area contributed by atoms with Crippen molar-refractivity contribution in [1.82, 2.24) is 15.1 Å². The third kappa shape index (κ3) is 4.07. The van der Waals surface area contributed by atoms with E-state index in [1.54, 1.807) is 17.2 Å². The van der Waals surface area contributed by atoms with E-state index in [0.717, 1.165) is 12.0 Å². The molecule has 1 unspecified atom stereocenters. The Kier molecular flexibility index (Phi) is 5.16. The van der Waals surface area contributed by atoms with Crippen molar-refractivity contribution in [3.63, 3.8) is 0 Å². The SMILES string of the molecule is CC(C)C(OC(=O)Cc1ccn[nH]1)C(=O)N1CCc2ccccc2C1. The molecular formula is C19H23N3O3. The maximum absolute atomic E-state index is 12.9. The van der Waals surface area contributed by atoms with E-state index >= 15 is 0 Å². The molecule has 6 nitrogen and oxygen atoms in total. The predicted octanol–water partition coefficient (Wildman–Crippen LogP) is 2.10. The fraction of sp³-hybridized carbons (Fsp3) is 0.421. The summed E-state index contributed by atoms with van der Waals surface area (Å²) in [5.74, 6) is -0.633. The summed E-state index contributed by atoms with van der Waals surface area (Å²) in [6.45, 7) is 5.00. The van der Waals surface area contributed by atoms with E-state index < -0.39 is 12.1 Å². The van der Waals surface area contributed by atoms with E-state index in [2.05, 4.69) is 16.3 Å². The summed E-state index contributed by atoms with van der Waals surface area (Å²) in [4.78, 5) is 26.9. The molecule has 1 aliphatic heterocycles. The second kappa shape index (κ2) is 7.51. The molecule has 1 N–H and O–H groups in total. The molecule has 2 aromatic rings. The first kappa shape index (κ1) is 17.2. The smallest absolute Gasteiger partial charge is 0.312 e. The largest absolute Gasteiger partial charge is 0.452 e. The Hall–Kier alpha value is -2.63. The van der Waals surface area contributed by atoms with Crippen molar-refractivity contribution in [2.24, 2.45) is 5.92 Å². The molecule has 0 spiro atoms. The number of H-pyrrole nitrogens is 1. The lowest BCUT2D eigenvalue weighted by Crippen LogP contribution is -2.46. The predicted molar refractivity (Wildman–Crippen MR) is 92.6 cm³/mol. The fourth-order valence-electron chi connectivity index (χ4n) is 3.06. The molecule has 6 heteroatoms. The molecule has 132 valence electrons. The molecule has 0 saturated carbocycles. The van der Waals surface area contributed by atoms with Crippen LogP contribution < -0.4 is 0 Å². The van der Waals surface area contributed by atoms with Gasteiger partial charge >= 0.3 is 5.97 Å². The summed E-state index contributed by atoms with van der Waals surface area (Å²) < 4.78 is 5.51. The van der Waals surface area contributed by atoms with Crippen LogP contribution in [0.25, 0.3) is 0 Å². The van der Waals surface area contributed by atoms with Gasteiger partial charge in [-0.25, -0.2) is 0 Å². The first-order chi connectivity index (χ1) is 12.0. The standard InChI is InChI=1S/C19H23N3O3/c1-13(2)18(25-17(23)11-16-7-9-20-21-16)19(24)22-10-8-14-5-3-4-6-15(14)12-22/h3-7,9,13,18H,8,10-12H2,1-2H3,(H,20,21). The average Bonchev–Trinajstić information content (AvgIpc) is 3.11. The van der Waals surface area contributed by atoms with E-state index in [4.69, 9.17) is 4.74 Å². The molecule has 25 heavy (non-hydrogen) atoms. The summed E-state index contributed by atoms with van der Waals surface area (Å²) in [6.07, 6.45) is 1.73. The second-order valence-corrected chi connectivity index (χ2v) is 6.69. The highest BCUT2D eigenvalue weighted by molar-refractivity contribution is 5.84. The summed E-state index contributed by atoms with van der Waals surface area (Å²) in [7, 11) is 0. The fourth-order valence-corrected chi connectivity index (χ4v) is 3.06. The van der Waals surface area contributed by atoms with Gasteiger partial charge in [0.25, 0.3) is 5.91 Å². The van der Waals surface area contributed by atoms with Gasteiger partial charge in [-0.2, -0.15) is 5.10 Å². The molecule has 2 heterocycles. The molecular weight excluding hydrogens is 318 g/mol. The third-order valence-electron chi connectivity index (χ3n) is 4.44. The number of benzene rings is 1. The number of hydrogen-bond acceptors (Lipinski definition) is 4. The van der Waals surface area contributed by atoms with Gasteiger partial charge in [0.1, 0.15) is 0 Å². The van der Waals surface area contributed by atoms with Crippen molar-refractivity contribution >= 4 is 11.9 Å². The van der Waals surface area contributed by atoms with Crippen LogP contribution >= 0.6 is 0 Å². The van der Waals surface area contributed by atoms with Crippen LogP contribution in [0.15, 0.2) is 36.5 Å². The minimum Gasteiger partial charge on any atom is -0.452 e. The summed E-state index contributed by atoms with van der Waals surface area (Å²) in [6, 6.07) is 9.86. The van der Waals surface area contributed by atoms with Crippen molar-refractivity contribution in [2.75, 3.05) is 6.54 Å². The molecule has 0 bridgehead atoms. The zero-order chi connectivity index (χ0) is 17.8. The number of esters is 1. The molecule has 0 fully saturated rings. The highest BCUT2D eigenvalue weighted by Crippen LogP contribution is 2.21. The molecule has 1 aromatic carbocycles. The number of nitrogens with zero attached hydrogens (tertiary/aromatic N) is 2. The van der Waals surface area contributed by atoms with Gasteiger partial charge < -0.3 is 9.64 Å². The molecule has 0 radical (unpaired) electrons. The van der Waals surface area contributed by atoms with Gasteiger partial charge in [0.2, 0.25) is 0 Å². The van der Waals surface area contributed by atoms with Gasteiger partial charge in [0.15, 0.2) is 6.10 Å². The number of nitrogens with one attached hydrogen (secondary N) is 1. The van der Waals surface area contributed by atoms with Gasteiger partial charge in [-0.3, -0.25) is 14.7 Å². The molecule has 1 aromatic heterocycles. The van der Waals surface area contributed by atoms with Crippen LogP contribution in [0, 0.1) is 5.92 Å². The maximum atomic E-state index is 12.9. The Morgan fingerprint density at radius 1 is 1.24 bits per heavy atom. The van der Waals surface area contributed by atoms with Gasteiger partial charge in [0.05, 0.1) is 6.42 Å². The number of aromatic nitrogens is 2. The quantitative estimate of drug-likeness (QED) is 0.845. The second-order valence-electron chi connectivity index (χ2n) is 6.69. The number of aromatic amines is 1. The van der Waals surface area contributed by atoms with E-state index in [1.165, 1.54) is 5.56 Å². The molecule has 1 amide bonds. The Labute approximate surface area is 147 Å². The minimum absolute atomic E-state index is 0.0827. The van der Waals surface area contributed by atoms with Crippen molar-refractivity contribution in [2.45, 2.75) is 39.3 Å². The zero-order valence-corrected chi connectivity index (χ0v) is 14.6. The maximum Gasteiger partial charge on any atom is 0.312 e. The first-order valence-corrected chi connectivity index (χ1v) is 8.58. The van der Waals surface area contributed by atoms with E-state index in [9.17, 15) is 9.59 Å². The average molecular weight is 341 g/mol. The molecule has 3 rings (SSSR count). The lowest BCUT2D eigenvalue weighted by atomic mass is 9.98. The number of fused-ring (bicyclic) bond motifs is 1. The Morgan fingerprint density at radius 2 is 2.00 bits per heavy atom. The normalized spacial score (nSPS) is 14.9. The summed E-state index contributed by atoms with van der Waals surface area (Å²) in [5, 5.41) is 6.54. The van der Waals surface area contributed by atoms with Crippen molar-refractivity contribution < 1.29 is 14.3 Å². The van der Waals surface area contributed by atoms with Gasteiger partial charge in [-0.1, -0.05) is 38.1 Å². The van der Waals surface area contributed by atoms with Crippen molar-refractivity contribution in [3.8, 4) is 0 Å². The topological polar surface area (TPSA) is 75.3 Å². The lowest BCUT2D eigenvalue weighted by Gasteiger charge is -2.32. The van der Waals surface area contributed by atoms with Crippen LogP contribution in [-0.2, 0) is 33.7 Å². The Morgan fingerprint density at radius 3 is 2.68 bits per heavy atom. The van der Waals surface area contributed by atoms with Gasteiger partial charge in [-0.15, -0.1) is 0 Å². The first-order valence-electron chi connectivity index (χ1n) is 8.58. The monoisotopic (exact) mass is 341 g/mol. The molecule has 0 saturated heterocycles. The minimum atomic E-state index is -0.763. The van der Waals surface area contributed by atoms with Crippen molar-refractivity contribution in [3.05, 3.63) is 53.3 Å². The van der Waals surface area contributed by atoms with E-state index in [0.29, 0.717) is 18.8 Å². The van der Waals surface area contributed by atoms with Crippen LogP contribution in [0.1, 0.15) is 30.7 Å². The lowest BCUT2D eigenvalue weighted by molar-refractivity contribution is -0.163. The van der Waals surface area contributed by atoms with Crippen LogP contribution in [0.4, 0.5) is 0 Å².